The van der Waals surface area contributed by atoms with Crippen LogP contribution in [0.5, 0.6) is 11.5 Å². The van der Waals surface area contributed by atoms with Gasteiger partial charge in [-0.2, -0.15) is 4.31 Å². The van der Waals surface area contributed by atoms with Gasteiger partial charge in [-0.05, 0) is 36.4 Å². The van der Waals surface area contributed by atoms with Crippen molar-refractivity contribution < 1.29 is 38.4 Å². The minimum absolute atomic E-state index is 0.241. The van der Waals surface area contributed by atoms with Crippen LogP contribution in [-0.4, -0.2) is 70.0 Å². The number of ether oxygens (including phenoxy) is 1. The molecule has 1 fully saturated rings. The summed E-state index contributed by atoms with van der Waals surface area (Å²) < 4.78 is 31.8. The Hall–Kier alpha value is -2.50. The third-order valence-electron chi connectivity index (χ3n) is 4.41. The predicted molar refractivity (Wildman–Crippen MR) is 96.3 cm³/mol. The van der Waals surface area contributed by atoms with Crippen molar-refractivity contribution in [2.45, 2.75) is 29.2 Å². The molecule has 1 saturated heterocycles. The van der Waals surface area contributed by atoms with E-state index < -0.39 is 46.9 Å². The van der Waals surface area contributed by atoms with Gasteiger partial charge in [-0.15, -0.1) is 0 Å². The van der Waals surface area contributed by atoms with Crippen LogP contribution in [0, 0.1) is 0 Å². The molecule has 1 aliphatic heterocycles. The number of sulfonamides is 1. The first-order chi connectivity index (χ1) is 13.2. The van der Waals surface area contributed by atoms with Gasteiger partial charge in [0.2, 0.25) is 10.0 Å². The van der Waals surface area contributed by atoms with Crippen molar-refractivity contribution in [2.24, 2.45) is 0 Å². The normalized spacial score (nSPS) is 26.0. The van der Waals surface area contributed by atoms with Gasteiger partial charge in [-0.1, -0.05) is 18.2 Å². The van der Waals surface area contributed by atoms with Crippen molar-refractivity contribution >= 4 is 16.0 Å². The van der Waals surface area contributed by atoms with Crippen LogP contribution in [0.15, 0.2) is 59.5 Å². The summed E-state index contributed by atoms with van der Waals surface area (Å²) in [7, 11) is -4.37. The summed E-state index contributed by atoms with van der Waals surface area (Å²) in [5.41, 5.74) is 0. The van der Waals surface area contributed by atoms with Crippen molar-refractivity contribution in [3.8, 4) is 11.5 Å². The smallest absolute Gasteiger partial charge is 0.324 e. The Morgan fingerprint density at radius 2 is 1.50 bits per heavy atom. The SMILES string of the molecule is O=C(O)[C@H]1[C@@H](O)[C@H](O)[C@H](O)CN1S(=O)(=O)c1ccc(Oc2ccccc2)cc1. The summed E-state index contributed by atoms with van der Waals surface area (Å²) >= 11 is 0. The first-order valence-electron chi connectivity index (χ1n) is 8.33. The summed E-state index contributed by atoms with van der Waals surface area (Å²) in [6.07, 6.45) is -5.37. The van der Waals surface area contributed by atoms with Crippen LogP contribution in [0.2, 0.25) is 0 Å². The molecule has 0 unspecified atom stereocenters. The summed E-state index contributed by atoms with van der Waals surface area (Å²) in [5, 5.41) is 38.8. The van der Waals surface area contributed by atoms with E-state index >= 15 is 0 Å². The molecule has 0 spiro atoms. The van der Waals surface area contributed by atoms with Crippen molar-refractivity contribution in [1.82, 2.24) is 4.31 Å². The molecule has 10 heteroatoms. The highest BCUT2D eigenvalue weighted by Crippen LogP contribution is 2.28. The van der Waals surface area contributed by atoms with Gasteiger partial charge in [-0.25, -0.2) is 8.42 Å². The average Bonchev–Trinajstić information content (AvgIpc) is 2.66. The van der Waals surface area contributed by atoms with Crippen LogP contribution in [0.3, 0.4) is 0 Å². The van der Waals surface area contributed by atoms with Gasteiger partial charge in [0.15, 0.2) is 6.04 Å². The topological polar surface area (TPSA) is 145 Å². The Bertz CT molecular complexity index is 932. The van der Waals surface area contributed by atoms with Crippen LogP contribution >= 0.6 is 0 Å². The summed E-state index contributed by atoms with van der Waals surface area (Å²) in [6.45, 7) is -0.667. The maximum absolute atomic E-state index is 12.9. The molecule has 28 heavy (non-hydrogen) atoms. The van der Waals surface area contributed by atoms with E-state index in [9.17, 15) is 33.6 Å². The number of carbonyl (C=O) groups is 1. The standard InChI is InChI=1S/C18H19NO8S/c20-14-10-19(15(18(23)24)17(22)16(14)21)28(25,26)13-8-6-12(7-9-13)27-11-4-2-1-3-5-11/h1-9,14-17,20-22H,10H2,(H,23,24)/t14-,15-,16-,17-/m1/s1. The minimum atomic E-state index is -4.37. The molecule has 0 aromatic heterocycles. The Kier molecular flexibility index (Phi) is 5.68. The molecule has 0 saturated carbocycles. The van der Waals surface area contributed by atoms with Gasteiger partial charge in [-0.3, -0.25) is 4.79 Å². The largest absolute Gasteiger partial charge is 0.480 e. The number of benzene rings is 2. The quantitative estimate of drug-likeness (QED) is 0.541. The summed E-state index contributed by atoms with van der Waals surface area (Å²) in [5.74, 6) is -0.708. The predicted octanol–water partition coefficient (Wildman–Crippen LogP) is 0.0191. The van der Waals surface area contributed by atoms with Gasteiger partial charge < -0.3 is 25.2 Å². The molecule has 3 rings (SSSR count). The fraction of sp³-hybridized carbons (Fsp3) is 0.278. The Labute approximate surface area is 161 Å². The van der Waals surface area contributed by atoms with Crippen LogP contribution in [0.4, 0.5) is 0 Å². The molecule has 2 aromatic carbocycles. The van der Waals surface area contributed by atoms with Gasteiger partial charge in [0.1, 0.15) is 23.7 Å². The van der Waals surface area contributed by atoms with Crippen LogP contribution < -0.4 is 4.74 Å². The highest BCUT2D eigenvalue weighted by atomic mass is 32.2. The number of hydrogen-bond donors (Lipinski definition) is 4. The van der Waals surface area contributed by atoms with Crippen molar-refractivity contribution in [2.75, 3.05) is 6.54 Å². The second-order valence-corrected chi connectivity index (χ2v) is 8.18. The zero-order valence-corrected chi connectivity index (χ0v) is 15.3. The Balaban J connectivity index is 1.87. The molecule has 1 aliphatic rings. The van der Waals surface area contributed by atoms with E-state index in [4.69, 9.17) is 4.74 Å². The lowest BCUT2D eigenvalue weighted by atomic mass is 9.96. The van der Waals surface area contributed by atoms with Crippen molar-refractivity contribution in [3.63, 3.8) is 0 Å². The first-order valence-corrected chi connectivity index (χ1v) is 9.77. The number of aliphatic carboxylic acids is 1. The van der Waals surface area contributed by atoms with E-state index in [-0.39, 0.29) is 4.90 Å². The number of para-hydroxylation sites is 1. The lowest BCUT2D eigenvalue weighted by molar-refractivity contribution is -0.161. The molecule has 2 aromatic rings. The van der Waals surface area contributed by atoms with Gasteiger partial charge in [0.25, 0.3) is 0 Å². The van der Waals surface area contributed by atoms with E-state index in [1.54, 1.807) is 24.3 Å². The van der Waals surface area contributed by atoms with Crippen LogP contribution in [0.25, 0.3) is 0 Å². The highest BCUT2D eigenvalue weighted by molar-refractivity contribution is 7.89. The molecule has 4 atom stereocenters. The lowest BCUT2D eigenvalue weighted by Gasteiger charge is -2.40. The molecule has 0 aliphatic carbocycles. The van der Waals surface area contributed by atoms with Gasteiger partial charge in [0, 0.05) is 6.54 Å². The number of piperidine rings is 1. The fourth-order valence-electron chi connectivity index (χ4n) is 2.95. The third kappa shape index (κ3) is 3.86. The Morgan fingerprint density at radius 1 is 0.929 bits per heavy atom. The second-order valence-electron chi connectivity index (χ2n) is 6.29. The highest BCUT2D eigenvalue weighted by Gasteiger charge is 2.50. The number of β-amino-alcohol motifs (C(OH)–C–C–N with tert-alkyl or cyclic N) is 1. The van der Waals surface area contributed by atoms with E-state index in [1.807, 2.05) is 6.07 Å². The Morgan fingerprint density at radius 3 is 2.07 bits per heavy atom. The zero-order valence-electron chi connectivity index (χ0n) is 14.5. The van der Waals surface area contributed by atoms with Gasteiger partial charge in [0.05, 0.1) is 11.0 Å². The van der Waals surface area contributed by atoms with E-state index in [2.05, 4.69) is 0 Å². The molecule has 0 radical (unpaired) electrons. The molecule has 9 nitrogen and oxygen atoms in total. The average molecular weight is 409 g/mol. The van der Waals surface area contributed by atoms with Gasteiger partial charge >= 0.3 is 5.97 Å². The summed E-state index contributed by atoms with van der Waals surface area (Å²) in [4.78, 5) is 11.2. The number of carboxylic acid groups (broad SMARTS) is 1. The maximum Gasteiger partial charge on any atom is 0.324 e. The van der Waals surface area contributed by atoms with E-state index in [0.717, 1.165) is 0 Å². The molecular weight excluding hydrogens is 390 g/mol. The zero-order chi connectivity index (χ0) is 20.5. The number of rotatable bonds is 5. The lowest BCUT2D eigenvalue weighted by Crippen LogP contribution is -2.65. The van der Waals surface area contributed by atoms with E-state index in [0.29, 0.717) is 15.8 Å². The second kappa shape index (κ2) is 7.86. The molecule has 0 amide bonds. The molecule has 150 valence electrons. The number of carboxylic acids is 1. The van der Waals surface area contributed by atoms with Crippen LogP contribution in [-0.2, 0) is 14.8 Å². The molecule has 4 N–H and O–H groups in total. The molecular formula is C18H19NO8S. The third-order valence-corrected chi connectivity index (χ3v) is 6.27. The number of hydrogen-bond acceptors (Lipinski definition) is 7. The monoisotopic (exact) mass is 409 g/mol. The maximum atomic E-state index is 12.9. The number of nitrogens with zero attached hydrogens (tertiary/aromatic N) is 1. The van der Waals surface area contributed by atoms with E-state index in [1.165, 1.54) is 24.3 Å². The fourth-order valence-corrected chi connectivity index (χ4v) is 4.56. The molecule has 0 bridgehead atoms. The number of aliphatic hydroxyl groups is 3. The van der Waals surface area contributed by atoms with Crippen molar-refractivity contribution in [3.05, 3.63) is 54.6 Å². The first kappa shape index (κ1) is 20.2. The summed E-state index contributed by atoms with van der Waals surface area (Å²) in [6, 6.07) is 12.2. The van der Waals surface area contributed by atoms with Crippen molar-refractivity contribution in [1.29, 1.82) is 0 Å². The molecule has 1 heterocycles. The number of aliphatic hydroxyl groups excluding tert-OH is 3. The van der Waals surface area contributed by atoms with Crippen LogP contribution in [0.1, 0.15) is 0 Å². The minimum Gasteiger partial charge on any atom is -0.480 e.